The molecule has 0 aliphatic carbocycles. The van der Waals surface area contributed by atoms with E-state index in [1.54, 1.807) is 12.1 Å². The summed E-state index contributed by atoms with van der Waals surface area (Å²) in [6.45, 7) is 3.35. The Balaban J connectivity index is 2.38. The van der Waals surface area contributed by atoms with Crippen molar-refractivity contribution >= 4 is 11.8 Å². The Hall–Kier alpha value is -2.04. The van der Waals surface area contributed by atoms with Crippen molar-refractivity contribution in [3.63, 3.8) is 0 Å². The second-order valence-electron chi connectivity index (χ2n) is 3.79. The molecule has 0 aliphatic heterocycles. The topological polar surface area (TPSA) is 81.4 Å². The zero-order valence-electron chi connectivity index (χ0n) is 9.90. The van der Waals surface area contributed by atoms with Crippen molar-refractivity contribution in [1.82, 2.24) is 5.32 Å². The van der Waals surface area contributed by atoms with Gasteiger partial charge >= 0.3 is 0 Å². The predicted octanol–water partition coefficient (Wildman–Crippen LogP) is 0.364. The van der Waals surface area contributed by atoms with Crippen LogP contribution in [0, 0.1) is 6.92 Å². The number of primary amides is 1. The third-order valence-electron chi connectivity index (χ3n) is 2.20. The summed E-state index contributed by atoms with van der Waals surface area (Å²) < 4.78 is 5.24. The molecular formula is C12H16N2O3. The highest BCUT2D eigenvalue weighted by atomic mass is 16.5. The number of carbonyl (C=O) groups is 2. The number of carbonyl (C=O) groups excluding carboxylic acids is 2. The van der Waals surface area contributed by atoms with E-state index in [0.717, 1.165) is 5.56 Å². The fourth-order valence-corrected chi connectivity index (χ4v) is 1.14. The first-order chi connectivity index (χ1) is 7.99. The zero-order valence-corrected chi connectivity index (χ0v) is 9.90. The van der Waals surface area contributed by atoms with E-state index in [2.05, 4.69) is 5.32 Å². The smallest absolute Gasteiger partial charge is 0.258 e. The molecule has 0 aliphatic rings. The van der Waals surface area contributed by atoms with E-state index in [1.807, 2.05) is 19.1 Å². The Morgan fingerprint density at radius 2 is 1.94 bits per heavy atom. The molecule has 1 aromatic carbocycles. The molecule has 1 aromatic rings. The first-order valence-corrected chi connectivity index (χ1v) is 5.27. The highest BCUT2D eigenvalue weighted by molar-refractivity contribution is 5.86. The molecule has 1 unspecified atom stereocenters. The minimum Gasteiger partial charge on any atom is -0.484 e. The molecule has 5 heteroatoms. The van der Waals surface area contributed by atoms with Crippen molar-refractivity contribution in [2.45, 2.75) is 19.9 Å². The summed E-state index contributed by atoms with van der Waals surface area (Å²) in [6, 6.07) is 6.64. The second kappa shape index (κ2) is 5.89. The maximum absolute atomic E-state index is 11.4. The normalized spacial score (nSPS) is 11.6. The van der Waals surface area contributed by atoms with Crippen LogP contribution in [0.1, 0.15) is 12.5 Å². The van der Waals surface area contributed by atoms with Gasteiger partial charge in [-0.15, -0.1) is 0 Å². The van der Waals surface area contributed by atoms with Gasteiger partial charge in [-0.3, -0.25) is 9.59 Å². The Morgan fingerprint density at radius 3 is 2.47 bits per heavy atom. The second-order valence-corrected chi connectivity index (χ2v) is 3.79. The van der Waals surface area contributed by atoms with Crippen molar-refractivity contribution in [3.05, 3.63) is 29.8 Å². The van der Waals surface area contributed by atoms with Crippen molar-refractivity contribution < 1.29 is 14.3 Å². The lowest BCUT2D eigenvalue weighted by molar-refractivity contribution is -0.128. The van der Waals surface area contributed by atoms with Crippen LogP contribution in [0.2, 0.25) is 0 Å². The zero-order chi connectivity index (χ0) is 12.8. The highest BCUT2D eigenvalue weighted by Gasteiger charge is 2.12. The van der Waals surface area contributed by atoms with Crippen LogP contribution in [0.15, 0.2) is 24.3 Å². The molecule has 0 radical (unpaired) electrons. The molecule has 0 aromatic heterocycles. The van der Waals surface area contributed by atoms with E-state index >= 15 is 0 Å². The number of hydrogen-bond donors (Lipinski definition) is 2. The summed E-state index contributed by atoms with van der Waals surface area (Å²) in [4.78, 5) is 22.1. The molecule has 0 saturated heterocycles. The monoisotopic (exact) mass is 236 g/mol. The molecule has 0 heterocycles. The minimum absolute atomic E-state index is 0.138. The summed E-state index contributed by atoms with van der Waals surface area (Å²) in [6.07, 6.45) is 0. The lowest BCUT2D eigenvalue weighted by Gasteiger charge is -2.11. The quantitative estimate of drug-likeness (QED) is 0.774. The van der Waals surface area contributed by atoms with Gasteiger partial charge in [0.2, 0.25) is 5.91 Å². The molecule has 0 bridgehead atoms. The first-order valence-electron chi connectivity index (χ1n) is 5.27. The molecule has 5 nitrogen and oxygen atoms in total. The first kappa shape index (κ1) is 13.0. The van der Waals surface area contributed by atoms with Crippen LogP contribution in [-0.4, -0.2) is 24.5 Å². The number of benzene rings is 1. The van der Waals surface area contributed by atoms with Crippen molar-refractivity contribution in [2.75, 3.05) is 6.61 Å². The fourth-order valence-electron chi connectivity index (χ4n) is 1.14. The summed E-state index contributed by atoms with van der Waals surface area (Å²) >= 11 is 0. The molecule has 0 saturated carbocycles. The van der Waals surface area contributed by atoms with Crippen molar-refractivity contribution in [3.8, 4) is 5.75 Å². The fraction of sp³-hybridized carbons (Fsp3) is 0.333. The SMILES string of the molecule is Cc1ccc(OCC(=O)NC(C)C(N)=O)cc1. The standard InChI is InChI=1S/C12H16N2O3/c1-8-3-5-10(6-4-8)17-7-11(15)14-9(2)12(13)16/h3-6,9H,7H2,1-2H3,(H2,13,16)(H,14,15). The van der Waals surface area contributed by atoms with E-state index in [9.17, 15) is 9.59 Å². The lowest BCUT2D eigenvalue weighted by Crippen LogP contribution is -2.44. The number of aryl methyl sites for hydroxylation is 1. The van der Waals surface area contributed by atoms with E-state index in [0.29, 0.717) is 5.75 Å². The third kappa shape index (κ3) is 4.55. The number of rotatable bonds is 5. The van der Waals surface area contributed by atoms with E-state index in [1.165, 1.54) is 6.92 Å². The van der Waals surface area contributed by atoms with Gasteiger partial charge in [-0.2, -0.15) is 0 Å². The highest BCUT2D eigenvalue weighted by Crippen LogP contribution is 2.10. The number of nitrogens with one attached hydrogen (secondary N) is 1. The van der Waals surface area contributed by atoms with E-state index in [4.69, 9.17) is 10.5 Å². The average molecular weight is 236 g/mol. The number of ether oxygens (including phenoxy) is 1. The maximum atomic E-state index is 11.4. The maximum Gasteiger partial charge on any atom is 0.258 e. The molecule has 17 heavy (non-hydrogen) atoms. The Bertz CT molecular complexity index is 401. The average Bonchev–Trinajstić information content (AvgIpc) is 2.28. The van der Waals surface area contributed by atoms with Crippen LogP contribution in [0.3, 0.4) is 0 Å². The van der Waals surface area contributed by atoms with Gasteiger partial charge in [-0.25, -0.2) is 0 Å². The molecule has 1 rings (SSSR count). The van der Waals surface area contributed by atoms with Crippen molar-refractivity contribution in [2.24, 2.45) is 5.73 Å². The Kier molecular flexibility index (Phi) is 4.51. The molecule has 1 atom stereocenters. The Labute approximate surface area is 99.9 Å². The minimum atomic E-state index is -0.691. The summed E-state index contributed by atoms with van der Waals surface area (Å²) in [5, 5.41) is 2.42. The van der Waals surface area contributed by atoms with Gasteiger partial charge in [-0.1, -0.05) is 17.7 Å². The van der Waals surface area contributed by atoms with Gasteiger partial charge in [0.25, 0.3) is 5.91 Å². The van der Waals surface area contributed by atoms with Crippen LogP contribution in [0.4, 0.5) is 0 Å². The summed E-state index contributed by atoms with van der Waals surface area (Å²) in [5.41, 5.74) is 6.13. The Morgan fingerprint density at radius 1 is 1.35 bits per heavy atom. The molecular weight excluding hydrogens is 220 g/mol. The molecule has 92 valence electrons. The van der Waals surface area contributed by atoms with Crippen LogP contribution in [0.25, 0.3) is 0 Å². The third-order valence-corrected chi connectivity index (χ3v) is 2.20. The van der Waals surface area contributed by atoms with E-state index < -0.39 is 11.9 Å². The van der Waals surface area contributed by atoms with Gasteiger partial charge in [0.1, 0.15) is 11.8 Å². The van der Waals surface area contributed by atoms with Crippen LogP contribution < -0.4 is 15.8 Å². The van der Waals surface area contributed by atoms with Gasteiger partial charge < -0.3 is 15.8 Å². The van der Waals surface area contributed by atoms with Crippen molar-refractivity contribution in [1.29, 1.82) is 0 Å². The summed E-state index contributed by atoms with van der Waals surface area (Å²) in [5.74, 6) is -0.344. The van der Waals surface area contributed by atoms with Gasteiger partial charge in [0, 0.05) is 0 Å². The molecule has 2 amide bonds. The predicted molar refractivity (Wildman–Crippen MR) is 63.5 cm³/mol. The summed E-state index contributed by atoms with van der Waals surface area (Å²) in [7, 11) is 0. The molecule has 0 spiro atoms. The van der Waals surface area contributed by atoms with Crippen LogP contribution in [0.5, 0.6) is 5.75 Å². The van der Waals surface area contributed by atoms with Gasteiger partial charge in [0.05, 0.1) is 0 Å². The van der Waals surface area contributed by atoms with E-state index in [-0.39, 0.29) is 12.5 Å². The lowest BCUT2D eigenvalue weighted by atomic mass is 10.2. The number of amides is 2. The van der Waals surface area contributed by atoms with Gasteiger partial charge in [0.15, 0.2) is 6.61 Å². The van der Waals surface area contributed by atoms with Crippen LogP contribution in [-0.2, 0) is 9.59 Å². The largest absolute Gasteiger partial charge is 0.484 e. The molecule has 3 N–H and O–H groups in total. The number of hydrogen-bond acceptors (Lipinski definition) is 3. The molecule has 0 fully saturated rings. The van der Waals surface area contributed by atoms with Crippen LogP contribution >= 0.6 is 0 Å². The van der Waals surface area contributed by atoms with Gasteiger partial charge in [-0.05, 0) is 26.0 Å². The number of nitrogens with two attached hydrogens (primary N) is 1.